The molecule has 0 radical (unpaired) electrons. The number of hydrogen-bond donors (Lipinski definition) is 0. The van der Waals surface area contributed by atoms with Gasteiger partial charge < -0.3 is 4.57 Å². The van der Waals surface area contributed by atoms with E-state index in [1.54, 1.807) is 0 Å². The van der Waals surface area contributed by atoms with Gasteiger partial charge in [-0.25, -0.2) is 0 Å². The second-order valence-electron chi connectivity index (χ2n) is 2.95. The molecular formula is C10H10IN. The van der Waals surface area contributed by atoms with Gasteiger partial charge in [-0.05, 0) is 29.1 Å². The van der Waals surface area contributed by atoms with Gasteiger partial charge in [0.05, 0.1) is 0 Å². The van der Waals surface area contributed by atoms with E-state index < -0.39 is 0 Å². The van der Waals surface area contributed by atoms with Crippen LogP contribution in [0.2, 0.25) is 0 Å². The predicted octanol–water partition coefficient (Wildman–Crippen LogP) is 3.11. The molecule has 2 rings (SSSR count). The van der Waals surface area contributed by atoms with Gasteiger partial charge in [-0.3, -0.25) is 0 Å². The monoisotopic (exact) mass is 271 g/mol. The van der Waals surface area contributed by atoms with Crippen LogP contribution < -0.4 is 0 Å². The van der Waals surface area contributed by atoms with E-state index in [0.717, 1.165) is 4.43 Å². The molecule has 1 aromatic heterocycles. The molecule has 2 aromatic rings. The molecule has 0 aliphatic carbocycles. The molecule has 0 atom stereocenters. The highest BCUT2D eigenvalue weighted by atomic mass is 127. The van der Waals surface area contributed by atoms with Crippen LogP contribution in [0.5, 0.6) is 0 Å². The number of aryl methyl sites for hydroxylation is 1. The summed E-state index contributed by atoms with van der Waals surface area (Å²) in [6.07, 6.45) is 2.10. The number of benzene rings is 1. The lowest BCUT2D eigenvalue weighted by atomic mass is 10.2. The summed E-state index contributed by atoms with van der Waals surface area (Å²) in [5.41, 5.74) is 2.71. The highest BCUT2D eigenvalue weighted by Crippen LogP contribution is 2.17. The fourth-order valence-corrected chi connectivity index (χ4v) is 1.89. The van der Waals surface area contributed by atoms with Crippen LogP contribution in [0.4, 0.5) is 0 Å². The molecule has 0 fully saturated rings. The Kier molecular flexibility index (Phi) is 2.09. The predicted molar refractivity (Wildman–Crippen MR) is 60.6 cm³/mol. The molecule has 0 saturated heterocycles. The van der Waals surface area contributed by atoms with Gasteiger partial charge in [0.1, 0.15) is 0 Å². The van der Waals surface area contributed by atoms with Gasteiger partial charge in [0.2, 0.25) is 0 Å². The van der Waals surface area contributed by atoms with E-state index in [1.807, 2.05) is 0 Å². The van der Waals surface area contributed by atoms with Crippen LogP contribution in [0.25, 0.3) is 10.9 Å². The molecule has 12 heavy (non-hydrogen) atoms. The molecule has 0 amide bonds. The van der Waals surface area contributed by atoms with E-state index in [2.05, 4.69) is 64.7 Å². The van der Waals surface area contributed by atoms with Crippen LogP contribution in [-0.2, 0) is 11.5 Å². The third-order valence-electron chi connectivity index (χ3n) is 2.10. The van der Waals surface area contributed by atoms with Crippen LogP contribution in [-0.4, -0.2) is 4.57 Å². The van der Waals surface area contributed by atoms with Crippen molar-refractivity contribution in [1.29, 1.82) is 0 Å². The minimum atomic E-state index is 1.09. The summed E-state index contributed by atoms with van der Waals surface area (Å²) in [7, 11) is 2.08. The summed E-state index contributed by atoms with van der Waals surface area (Å²) >= 11 is 2.39. The molecule has 2 heteroatoms. The lowest BCUT2D eigenvalue weighted by Gasteiger charge is -1.97. The number of fused-ring (bicyclic) bond motifs is 1. The maximum atomic E-state index is 2.39. The first kappa shape index (κ1) is 8.10. The van der Waals surface area contributed by atoms with Crippen molar-refractivity contribution < 1.29 is 0 Å². The standard InChI is InChI=1S/C10H10IN/c1-12-5-4-9-6-8(7-11)2-3-10(9)12/h2-6H,7H2,1H3. The van der Waals surface area contributed by atoms with Crippen molar-refractivity contribution in [3.63, 3.8) is 0 Å². The average molecular weight is 271 g/mol. The fraction of sp³-hybridized carbons (Fsp3) is 0.200. The Labute approximate surface area is 85.5 Å². The fourth-order valence-electron chi connectivity index (χ4n) is 1.41. The molecule has 62 valence electrons. The smallest absolute Gasteiger partial charge is 0.0477 e. The Bertz CT molecular complexity index is 403. The van der Waals surface area contributed by atoms with Crippen molar-refractivity contribution in [3.05, 3.63) is 36.0 Å². The largest absolute Gasteiger partial charge is 0.351 e. The maximum absolute atomic E-state index is 2.39. The van der Waals surface area contributed by atoms with Gasteiger partial charge in [0.25, 0.3) is 0 Å². The number of aromatic nitrogens is 1. The first-order valence-electron chi connectivity index (χ1n) is 3.91. The van der Waals surface area contributed by atoms with E-state index >= 15 is 0 Å². The Morgan fingerprint density at radius 3 is 2.92 bits per heavy atom. The summed E-state index contributed by atoms with van der Waals surface area (Å²) in [5, 5.41) is 1.34. The summed E-state index contributed by atoms with van der Waals surface area (Å²) in [6.45, 7) is 0. The molecule has 0 saturated carbocycles. The Hall–Kier alpha value is -0.510. The third kappa shape index (κ3) is 1.24. The molecule has 0 spiro atoms. The average Bonchev–Trinajstić information content (AvgIpc) is 2.47. The van der Waals surface area contributed by atoms with E-state index in [4.69, 9.17) is 0 Å². The molecule has 0 aliphatic heterocycles. The zero-order valence-corrected chi connectivity index (χ0v) is 9.08. The second-order valence-corrected chi connectivity index (χ2v) is 3.72. The zero-order valence-electron chi connectivity index (χ0n) is 6.92. The highest BCUT2D eigenvalue weighted by Gasteiger charge is 1.97. The van der Waals surface area contributed by atoms with Crippen molar-refractivity contribution >= 4 is 33.5 Å². The van der Waals surface area contributed by atoms with Crippen molar-refractivity contribution in [3.8, 4) is 0 Å². The van der Waals surface area contributed by atoms with Gasteiger partial charge in [-0.15, -0.1) is 0 Å². The number of halogens is 1. The van der Waals surface area contributed by atoms with E-state index in [1.165, 1.54) is 16.5 Å². The van der Waals surface area contributed by atoms with Gasteiger partial charge in [0.15, 0.2) is 0 Å². The maximum Gasteiger partial charge on any atom is 0.0477 e. The molecule has 1 aromatic carbocycles. The SMILES string of the molecule is Cn1ccc2cc(CI)ccc21. The van der Waals surface area contributed by atoms with Crippen molar-refractivity contribution in [1.82, 2.24) is 4.57 Å². The molecular weight excluding hydrogens is 261 g/mol. The topological polar surface area (TPSA) is 4.93 Å². The van der Waals surface area contributed by atoms with Crippen LogP contribution in [0.3, 0.4) is 0 Å². The normalized spacial score (nSPS) is 10.8. The summed E-state index contributed by atoms with van der Waals surface area (Å²) < 4.78 is 3.23. The summed E-state index contributed by atoms with van der Waals surface area (Å²) in [4.78, 5) is 0. The van der Waals surface area contributed by atoms with Crippen LogP contribution in [0.15, 0.2) is 30.5 Å². The van der Waals surface area contributed by atoms with Crippen LogP contribution >= 0.6 is 22.6 Å². The zero-order chi connectivity index (χ0) is 8.55. The number of hydrogen-bond acceptors (Lipinski definition) is 0. The van der Waals surface area contributed by atoms with Crippen molar-refractivity contribution in [2.24, 2.45) is 7.05 Å². The van der Waals surface area contributed by atoms with Crippen molar-refractivity contribution in [2.75, 3.05) is 0 Å². The minimum absolute atomic E-state index is 1.09. The lowest BCUT2D eigenvalue weighted by Crippen LogP contribution is -1.83. The molecule has 0 aliphatic rings. The van der Waals surface area contributed by atoms with Gasteiger partial charge in [0, 0.05) is 23.2 Å². The Morgan fingerprint density at radius 1 is 1.33 bits per heavy atom. The third-order valence-corrected chi connectivity index (χ3v) is 2.98. The van der Waals surface area contributed by atoms with Crippen molar-refractivity contribution in [2.45, 2.75) is 4.43 Å². The molecule has 1 nitrogen and oxygen atoms in total. The lowest BCUT2D eigenvalue weighted by molar-refractivity contribution is 0.969. The van der Waals surface area contributed by atoms with Gasteiger partial charge in [-0.1, -0.05) is 28.7 Å². The number of alkyl halides is 1. The Balaban J connectivity index is 2.69. The van der Waals surface area contributed by atoms with E-state index in [9.17, 15) is 0 Å². The van der Waals surface area contributed by atoms with E-state index in [0.29, 0.717) is 0 Å². The molecule has 0 bridgehead atoms. The quantitative estimate of drug-likeness (QED) is 0.554. The van der Waals surface area contributed by atoms with Crippen LogP contribution in [0, 0.1) is 0 Å². The Morgan fingerprint density at radius 2 is 2.17 bits per heavy atom. The molecule has 1 heterocycles. The van der Waals surface area contributed by atoms with Crippen LogP contribution in [0.1, 0.15) is 5.56 Å². The summed E-state index contributed by atoms with van der Waals surface area (Å²) in [6, 6.07) is 8.78. The van der Waals surface area contributed by atoms with Gasteiger partial charge >= 0.3 is 0 Å². The number of rotatable bonds is 1. The molecule has 0 N–H and O–H groups in total. The first-order valence-corrected chi connectivity index (χ1v) is 5.44. The van der Waals surface area contributed by atoms with E-state index in [-0.39, 0.29) is 0 Å². The summed E-state index contributed by atoms with van der Waals surface area (Å²) in [5.74, 6) is 0. The number of nitrogens with zero attached hydrogens (tertiary/aromatic N) is 1. The second kappa shape index (κ2) is 3.09. The minimum Gasteiger partial charge on any atom is -0.351 e. The molecule has 0 unspecified atom stereocenters. The highest BCUT2D eigenvalue weighted by molar-refractivity contribution is 14.1. The first-order chi connectivity index (χ1) is 5.81. The van der Waals surface area contributed by atoms with Gasteiger partial charge in [-0.2, -0.15) is 0 Å².